The number of rotatable bonds is 11. The number of benzene rings is 9. The fraction of sp³-hybridized carbons (Fsp3) is 0.366. The molecule has 0 spiro atoms. The topological polar surface area (TPSA) is 175 Å². The van der Waals surface area contributed by atoms with Crippen LogP contribution in [0.3, 0.4) is 0 Å². The van der Waals surface area contributed by atoms with Gasteiger partial charge in [-0.1, -0.05) is 146 Å². The molecule has 8 fully saturated rings. The number of aliphatic carboxylic acids is 3. The van der Waals surface area contributed by atoms with Crippen molar-refractivity contribution >= 4 is 101 Å². The predicted molar refractivity (Wildman–Crippen MR) is 555 cm³/mol. The number of anilines is 2. The molecule has 9 aromatic carbocycles. The summed E-state index contributed by atoms with van der Waals surface area (Å²) in [6.07, 6.45) is 27.4. The van der Waals surface area contributed by atoms with Crippen LogP contribution in [0.2, 0.25) is 0 Å². The molecule has 8 saturated carbocycles. The zero-order valence-corrected chi connectivity index (χ0v) is 89.5. The summed E-state index contributed by atoms with van der Waals surface area (Å²) < 4.78 is 2.58. The van der Waals surface area contributed by atoms with E-state index in [0.29, 0.717) is 22.6 Å². The molecule has 134 heavy (non-hydrogen) atoms. The van der Waals surface area contributed by atoms with Crippen molar-refractivity contribution < 1.29 is 91.0 Å². The van der Waals surface area contributed by atoms with Gasteiger partial charge in [-0.15, -0.1) is 18.2 Å². The van der Waals surface area contributed by atoms with E-state index in [0.717, 1.165) is 77.5 Å². The smallest absolute Gasteiger partial charge is 0.504 e. The number of aromatic nitrogens is 2. The fourth-order valence-corrected chi connectivity index (χ4v) is 30.5. The van der Waals surface area contributed by atoms with E-state index in [2.05, 4.69) is 380 Å². The number of carboxylic acid groups (broad SMARTS) is 3. The molecule has 0 atom stereocenters. The Morgan fingerprint density at radius 1 is 0.336 bits per heavy atom. The minimum absolute atomic E-state index is 0. The average Bonchev–Trinajstić information content (AvgIpc) is 1.45. The van der Waals surface area contributed by atoms with E-state index >= 15 is 0 Å². The number of carboxylic acids is 3. The van der Waals surface area contributed by atoms with E-state index in [1.54, 1.807) is 76.1 Å². The predicted octanol–water partition coefficient (Wildman–Crippen LogP) is 19.2. The second kappa shape index (κ2) is 49.0. The second-order valence-corrected chi connectivity index (χ2v) is 46.4. The molecular formula is C112H142N8O8P3Pd3+3. The standard InChI is InChI=1S/C23H33N2.3C21H20P.C11H21N2.C9H13N4O2.3C2H4O2.3Pd/c1-2-25(23-12-19-6-20(13-23)8-21(7-19)14-23)15-24(1)22-9-16-3-17(10-22)5-18(4-16)11-22;3*1-16-10-4-7-13-19(16)22(20-14-8-5-11-17(20)2)21-15-9-6-12-18(21)3;1-10(2,3)12-7-8-13(9-12)11(4,5)6;1-10-5-11(2)7-6(10)8(14)13(4)9(15)12(7)3;3*1-2(3)4;;;/h1-2,15-21H,3-14H2;3*4-15H,1H2,2-3H3;7-9H,1-6H3;5H,1-4H3;3*1H3,(H,3,4);;;/q6*-1;;;;3*+2/p+3. The van der Waals surface area contributed by atoms with Crippen molar-refractivity contribution in [1.82, 2.24) is 28.7 Å². The van der Waals surface area contributed by atoms with Gasteiger partial charge in [0.25, 0.3) is 23.5 Å². The number of aryl methyl sites for hydroxylation is 6. The zero-order valence-electron chi connectivity index (χ0n) is 81.8. The largest absolute Gasteiger partial charge is 2.00 e. The molecular weight excluding hydrogens is 2000 g/mol. The first-order valence-corrected chi connectivity index (χ1v) is 50.7. The molecule has 11 aliphatic rings. The maximum absolute atomic E-state index is 11.9. The van der Waals surface area contributed by atoms with Crippen LogP contribution in [0, 0.1) is 118 Å². The van der Waals surface area contributed by atoms with Gasteiger partial charge in [-0.2, -0.15) is 75.7 Å². The van der Waals surface area contributed by atoms with Crippen LogP contribution in [0.1, 0.15) is 189 Å². The minimum atomic E-state index is -1.03. The molecule has 22 heteroatoms. The Labute approximate surface area is 845 Å². The molecule has 3 N–H and O–H groups in total. The number of fused-ring (bicyclic) bond motifs is 1. The summed E-state index contributed by atoms with van der Waals surface area (Å²) in [7, 11) is 3.64. The Bertz CT molecular complexity index is 4970. The Morgan fingerprint density at radius 2 is 0.552 bits per heavy atom. The van der Waals surface area contributed by atoms with Crippen molar-refractivity contribution in [2.24, 2.45) is 49.6 Å². The SMILES string of the molecule is C1=CN(C23CC4CC(CC(C4)C2)C3)[CH-]N1C12CC3CC(CC(C3)C1)C2.CC(=O)O.CC(=O)O.CC(=O)O.CC(C)(C)N1C=CN(C(C)(C)C)[CH-]1.CN1[CH-]N(C)c2c1c(=O)n(C)c(=O)n2C.[CH2-]c1ccccc1[PH+](c1ccccc1C)c1ccccc1C.[CH2-]c1ccccc1[PH+](c1ccccc1C)c1ccccc1C.[CH2-]c1ccccc1[PH+](c1ccccc1C)c1ccccc1C.[Pd+2].[Pd+2].[Pd+2]. The van der Waals surface area contributed by atoms with Crippen LogP contribution >= 0.6 is 23.8 Å². The van der Waals surface area contributed by atoms with Gasteiger partial charge in [0.2, 0.25) is 0 Å². The van der Waals surface area contributed by atoms with E-state index < -0.39 is 41.7 Å². The average molecular weight is 2140 g/mol. The van der Waals surface area contributed by atoms with Gasteiger partial charge in [-0.25, -0.2) is 4.79 Å². The van der Waals surface area contributed by atoms with Crippen molar-refractivity contribution in [2.45, 2.75) is 203 Å². The van der Waals surface area contributed by atoms with Gasteiger partial charge in [-0.3, -0.25) is 28.3 Å². The summed E-state index contributed by atoms with van der Waals surface area (Å²) in [5.41, 5.74) is 12.9. The first kappa shape index (κ1) is 111. The van der Waals surface area contributed by atoms with Crippen LogP contribution in [0.4, 0.5) is 11.5 Å². The molecule has 3 aliphatic heterocycles. The van der Waals surface area contributed by atoms with E-state index in [1.165, 1.54) is 131 Å². The van der Waals surface area contributed by atoms with Gasteiger partial charge in [0, 0.05) is 72.9 Å². The third-order valence-electron chi connectivity index (χ3n) is 26.9. The minimum Gasteiger partial charge on any atom is -0.504 e. The summed E-state index contributed by atoms with van der Waals surface area (Å²) in [4.78, 5) is 63.9. The number of nitrogens with zero attached hydrogens (tertiary/aromatic N) is 8. The van der Waals surface area contributed by atoms with Crippen molar-refractivity contribution in [3.8, 4) is 0 Å². The molecule has 0 amide bonds. The maximum atomic E-state index is 11.9. The van der Waals surface area contributed by atoms with Crippen LogP contribution < -0.4 is 68.8 Å². The molecule has 0 radical (unpaired) electrons. The summed E-state index contributed by atoms with van der Waals surface area (Å²) in [5.74, 6) is 4.39. The van der Waals surface area contributed by atoms with Crippen molar-refractivity contribution in [2.75, 3.05) is 23.9 Å². The van der Waals surface area contributed by atoms with Gasteiger partial charge in [0.05, 0.1) is 55.6 Å². The molecule has 8 aliphatic carbocycles. The summed E-state index contributed by atoms with van der Waals surface area (Å²) in [5, 5.41) is 35.1. The van der Waals surface area contributed by atoms with Crippen LogP contribution in [-0.4, -0.2) is 98.2 Å². The third-order valence-corrected chi connectivity index (χ3v) is 36.6. The van der Waals surface area contributed by atoms with Gasteiger partial charge in [0.1, 0.15) is 11.5 Å². The molecule has 0 unspecified atom stereocenters. The molecule has 8 bridgehead atoms. The Kier molecular flexibility index (Phi) is 40.4. The van der Waals surface area contributed by atoms with Crippen LogP contribution in [0.25, 0.3) is 0 Å². The summed E-state index contributed by atoms with van der Waals surface area (Å²) in [6.45, 7) is 49.1. The van der Waals surface area contributed by atoms with Crippen LogP contribution in [-0.2, 0) is 89.7 Å². The molecule has 10 aromatic rings. The number of hydrogen-bond donors (Lipinski definition) is 3. The van der Waals surface area contributed by atoms with Crippen LogP contribution in [0.5, 0.6) is 0 Å². The molecule has 4 heterocycles. The number of hydrogen-bond acceptors (Lipinski definition) is 11. The van der Waals surface area contributed by atoms with E-state index in [4.69, 9.17) is 29.7 Å². The van der Waals surface area contributed by atoms with Gasteiger partial charge >= 0.3 is 67.0 Å². The second-order valence-electron chi connectivity index (χ2n) is 39.3. The van der Waals surface area contributed by atoms with Gasteiger partial charge < -0.3 is 44.7 Å². The molecule has 16 nitrogen and oxygen atoms in total. The number of carbonyl (C=O) groups is 3. The normalized spacial score (nSPS) is 20.2. The first-order chi connectivity index (χ1) is 62.1. The van der Waals surface area contributed by atoms with Crippen molar-refractivity contribution in [1.29, 1.82) is 0 Å². The molecule has 0 saturated heterocycles. The Morgan fingerprint density at radius 3 is 0.761 bits per heavy atom. The Balaban J connectivity index is 0.000000194. The quantitative estimate of drug-likeness (QED) is 0.0633. The fourth-order valence-electron chi connectivity index (χ4n) is 21.4. The summed E-state index contributed by atoms with van der Waals surface area (Å²) in [6, 6.07) is 78.3. The molecule has 720 valence electrons. The van der Waals surface area contributed by atoms with Crippen LogP contribution in [0.15, 0.2) is 253 Å². The monoisotopic (exact) mass is 2140 g/mol. The Hall–Kier alpha value is -8.76. The van der Waals surface area contributed by atoms with Crippen molar-refractivity contribution in [3.05, 3.63) is 355 Å². The summed E-state index contributed by atoms with van der Waals surface area (Å²) >= 11 is 0. The molecule has 21 rings (SSSR count). The zero-order chi connectivity index (χ0) is 95.1. The molecule has 1 aromatic heterocycles. The van der Waals surface area contributed by atoms with E-state index in [1.807, 2.05) is 0 Å². The van der Waals surface area contributed by atoms with E-state index in [9.17, 15) is 9.59 Å². The van der Waals surface area contributed by atoms with Gasteiger partial charge in [-0.05, 0) is 304 Å². The van der Waals surface area contributed by atoms with E-state index in [-0.39, 0.29) is 83.6 Å². The van der Waals surface area contributed by atoms with Gasteiger partial charge in [0.15, 0.2) is 0 Å². The maximum Gasteiger partial charge on any atom is 2.00 e. The third kappa shape index (κ3) is 27.6. The van der Waals surface area contributed by atoms with Crippen molar-refractivity contribution in [3.63, 3.8) is 0 Å². The first-order valence-electron chi connectivity index (χ1n) is 46.2.